The Morgan fingerprint density at radius 1 is 1.32 bits per heavy atom. The van der Waals surface area contributed by atoms with E-state index in [0.29, 0.717) is 17.9 Å². The van der Waals surface area contributed by atoms with Crippen LogP contribution in [0.1, 0.15) is 23.4 Å². The first-order valence-electron chi connectivity index (χ1n) is 7.45. The molecule has 2 heterocycles. The lowest BCUT2D eigenvalue weighted by Crippen LogP contribution is -2.26. The zero-order chi connectivity index (χ0) is 16.6. The Labute approximate surface area is 156 Å². The van der Waals surface area contributed by atoms with Gasteiger partial charge in [-0.05, 0) is 31.5 Å². The molecule has 0 aliphatic carbocycles. The number of rotatable bonds is 3. The number of alkyl halides is 3. The van der Waals surface area contributed by atoms with Crippen molar-refractivity contribution in [3.05, 3.63) is 41.3 Å². The van der Waals surface area contributed by atoms with E-state index in [4.69, 9.17) is 10.2 Å². The van der Waals surface area contributed by atoms with E-state index in [2.05, 4.69) is 9.88 Å². The summed E-state index contributed by atoms with van der Waals surface area (Å²) in [5, 5.41) is 0. The summed E-state index contributed by atoms with van der Waals surface area (Å²) in [6, 6.07) is 5.18. The molecule has 9 heteroatoms. The molecule has 1 saturated heterocycles. The van der Waals surface area contributed by atoms with Crippen LogP contribution in [-0.4, -0.2) is 29.0 Å². The van der Waals surface area contributed by atoms with Crippen LogP contribution in [0.4, 0.5) is 13.2 Å². The van der Waals surface area contributed by atoms with Crippen molar-refractivity contribution in [2.45, 2.75) is 32.1 Å². The second kappa shape index (κ2) is 8.40. The highest BCUT2D eigenvalue weighted by Gasteiger charge is 2.31. The first-order valence-corrected chi connectivity index (χ1v) is 7.45. The molecule has 140 valence electrons. The molecule has 1 fully saturated rings. The molecule has 0 saturated carbocycles. The summed E-state index contributed by atoms with van der Waals surface area (Å²) in [7, 11) is 0. The van der Waals surface area contributed by atoms with Gasteiger partial charge in [-0.3, -0.25) is 4.90 Å². The molecule has 0 amide bonds. The Kier molecular flexibility index (Phi) is 7.31. The normalized spacial score (nSPS) is 17.9. The lowest BCUT2D eigenvalue weighted by molar-refractivity contribution is -0.137. The van der Waals surface area contributed by atoms with Crippen molar-refractivity contribution >= 4 is 24.8 Å². The number of aromatic nitrogens is 1. The van der Waals surface area contributed by atoms with Crippen molar-refractivity contribution in [2.24, 2.45) is 5.73 Å². The van der Waals surface area contributed by atoms with E-state index in [0.717, 1.165) is 37.3 Å². The van der Waals surface area contributed by atoms with Crippen LogP contribution < -0.4 is 5.73 Å². The van der Waals surface area contributed by atoms with Gasteiger partial charge in [0.25, 0.3) is 0 Å². The maximum Gasteiger partial charge on any atom is 0.416 e. The molecule has 1 aliphatic rings. The van der Waals surface area contributed by atoms with Crippen molar-refractivity contribution in [1.29, 1.82) is 0 Å². The maximum absolute atomic E-state index is 12.8. The number of hydrogen-bond donors (Lipinski definition) is 1. The average molecular weight is 398 g/mol. The zero-order valence-electron chi connectivity index (χ0n) is 13.5. The molecule has 1 aromatic carbocycles. The van der Waals surface area contributed by atoms with Crippen LogP contribution in [0.25, 0.3) is 11.5 Å². The van der Waals surface area contributed by atoms with E-state index in [-0.39, 0.29) is 36.7 Å². The van der Waals surface area contributed by atoms with E-state index in [9.17, 15) is 13.2 Å². The number of nitrogens with two attached hydrogens (primary N) is 1. The van der Waals surface area contributed by atoms with Gasteiger partial charge in [0.2, 0.25) is 5.89 Å². The van der Waals surface area contributed by atoms with Gasteiger partial charge in [0.15, 0.2) is 0 Å². The zero-order valence-corrected chi connectivity index (χ0v) is 15.2. The highest BCUT2D eigenvalue weighted by atomic mass is 35.5. The fourth-order valence-corrected chi connectivity index (χ4v) is 2.74. The third kappa shape index (κ3) is 5.10. The van der Waals surface area contributed by atoms with Crippen LogP contribution in [0.2, 0.25) is 0 Å². The Hall–Kier alpha value is -1.28. The average Bonchev–Trinajstić information content (AvgIpc) is 3.05. The van der Waals surface area contributed by atoms with E-state index in [1.807, 2.05) is 0 Å². The van der Waals surface area contributed by atoms with E-state index in [1.165, 1.54) is 6.07 Å². The fourth-order valence-electron chi connectivity index (χ4n) is 2.74. The predicted molar refractivity (Wildman–Crippen MR) is 94.0 cm³/mol. The maximum atomic E-state index is 12.8. The molecular formula is C16H20Cl2F3N3O. The number of halogens is 5. The molecule has 1 aromatic heterocycles. The van der Waals surface area contributed by atoms with Crippen molar-refractivity contribution in [2.75, 3.05) is 13.1 Å². The molecule has 0 spiro atoms. The summed E-state index contributed by atoms with van der Waals surface area (Å²) in [5.41, 5.74) is 6.24. The van der Waals surface area contributed by atoms with Crippen molar-refractivity contribution in [1.82, 2.24) is 9.88 Å². The Bertz CT molecular complexity index is 706. The summed E-state index contributed by atoms with van der Waals surface area (Å²) in [5.74, 6) is 0.838. The van der Waals surface area contributed by atoms with E-state index in [1.54, 1.807) is 13.0 Å². The van der Waals surface area contributed by atoms with Gasteiger partial charge in [-0.1, -0.05) is 6.07 Å². The fraction of sp³-hybridized carbons (Fsp3) is 0.438. The summed E-state index contributed by atoms with van der Waals surface area (Å²) < 4.78 is 44.0. The molecule has 3 rings (SSSR count). The van der Waals surface area contributed by atoms with Gasteiger partial charge in [-0.15, -0.1) is 24.8 Å². The van der Waals surface area contributed by atoms with Crippen molar-refractivity contribution in [3.8, 4) is 11.5 Å². The Balaban J connectivity index is 0.00000156. The second-order valence-corrected chi connectivity index (χ2v) is 5.88. The quantitative estimate of drug-likeness (QED) is 0.848. The first kappa shape index (κ1) is 21.8. The molecule has 2 N–H and O–H groups in total. The summed E-state index contributed by atoms with van der Waals surface area (Å²) in [6.07, 6.45) is -3.44. The standard InChI is InChI=1S/C16H18F3N3O.2ClH/c1-10-14(9-22-6-5-13(20)8-22)21-15(23-10)11-3-2-4-12(7-11)16(17,18)19;;/h2-4,7,13H,5-6,8-9,20H2,1H3;2*1H/t13-;;/m0../s1. The van der Waals surface area contributed by atoms with Crippen LogP contribution >= 0.6 is 24.8 Å². The van der Waals surface area contributed by atoms with Crippen LogP contribution in [0.15, 0.2) is 28.7 Å². The van der Waals surface area contributed by atoms with Crippen molar-refractivity contribution in [3.63, 3.8) is 0 Å². The monoisotopic (exact) mass is 397 g/mol. The van der Waals surface area contributed by atoms with Gasteiger partial charge in [0.1, 0.15) is 5.76 Å². The van der Waals surface area contributed by atoms with E-state index >= 15 is 0 Å². The van der Waals surface area contributed by atoms with Gasteiger partial charge >= 0.3 is 6.18 Å². The second-order valence-electron chi connectivity index (χ2n) is 5.88. The van der Waals surface area contributed by atoms with E-state index < -0.39 is 11.7 Å². The topological polar surface area (TPSA) is 55.3 Å². The van der Waals surface area contributed by atoms with Gasteiger partial charge in [0.05, 0.1) is 11.3 Å². The first-order chi connectivity index (χ1) is 10.8. The highest BCUT2D eigenvalue weighted by Crippen LogP contribution is 2.32. The van der Waals surface area contributed by atoms with Crippen LogP contribution in [-0.2, 0) is 12.7 Å². The SMILES string of the molecule is Cc1oc(-c2cccc(C(F)(F)F)c2)nc1CN1CC[C@H](N)C1.Cl.Cl. The molecule has 25 heavy (non-hydrogen) atoms. The van der Waals surface area contributed by atoms with Gasteiger partial charge < -0.3 is 10.2 Å². The lowest BCUT2D eigenvalue weighted by atomic mass is 10.1. The number of likely N-dealkylation sites (tertiary alicyclic amines) is 1. The minimum absolute atomic E-state index is 0. The Morgan fingerprint density at radius 2 is 2.04 bits per heavy atom. The molecule has 0 unspecified atom stereocenters. The number of benzene rings is 1. The van der Waals surface area contributed by atoms with Crippen LogP contribution in [0, 0.1) is 6.92 Å². The lowest BCUT2D eigenvalue weighted by Gasteiger charge is -2.12. The molecule has 2 aromatic rings. The largest absolute Gasteiger partial charge is 0.441 e. The van der Waals surface area contributed by atoms with Gasteiger partial charge in [0, 0.05) is 31.2 Å². The molecule has 0 radical (unpaired) electrons. The Morgan fingerprint density at radius 3 is 2.64 bits per heavy atom. The van der Waals surface area contributed by atoms with Crippen LogP contribution in [0.3, 0.4) is 0 Å². The van der Waals surface area contributed by atoms with Crippen molar-refractivity contribution < 1.29 is 17.6 Å². The number of aryl methyl sites for hydroxylation is 1. The minimum Gasteiger partial charge on any atom is -0.441 e. The predicted octanol–water partition coefficient (Wildman–Crippen LogP) is 4.05. The summed E-state index contributed by atoms with van der Waals surface area (Å²) in [6.45, 7) is 4.06. The number of hydrogen-bond acceptors (Lipinski definition) is 4. The smallest absolute Gasteiger partial charge is 0.416 e. The van der Waals surface area contributed by atoms with Gasteiger partial charge in [-0.25, -0.2) is 4.98 Å². The molecule has 1 aliphatic heterocycles. The number of nitrogens with zero attached hydrogens (tertiary/aromatic N) is 2. The van der Waals surface area contributed by atoms with Gasteiger partial charge in [-0.2, -0.15) is 13.2 Å². The van der Waals surface area contributed by atoms with Crippen LogP contribution in [0.5, 0.6) is 0 Å². The molecule has 0 bridgehead atoms. The molecular weight excluding hydrogens is 378 g/mol. The summed E-state index contributed by atoms with van der Waals surface area (Å²) >= 11 is 0. The highest BCUT2D eigenvalue weighted by molar-refractivity contribution is 5.85. The minimum atomic E-state index is -4.38. The third-order valence-corrected chi connectivity index (χ3v) is 4.01. The number of oxazole rings is 1. The molecule has 1 atom stereocenters. The summed E-state index contributed by atoms with van der Waals surface area (Å²) in [4.78, 5) is 6.55. The third-order valence-electron chi connectivity index (χ3n) is 4.01. The molecule has 4 nitrogen and oxygen atoms in total.